The van der Waals surface area contributed by atoms with E-state index in [1.54, 1.807) is 0 Å². The zero-order chi connectivity index (χ0) is 27.5. The molecule has 1 aliphatic heterocycles. The van der Waals surface area contributed by atoms with Crippen molar-refractivity contribution in [3.05, 3.63) is 113 Å². The predicted molar refractivity (Wildman–Crippen MR) is 163 cm³/mol. The Morgan fingerprint density at radius 3 is 2.27 bits per heavy atom. The number of nitrogens with zero attached hydrogens (tertiary/aromatic N) is 6. The molecule has 5 aromatic rings. The first-order valence-electron chi connectivity index (χ1n) is 14.5. The Labute approximate surface area is 237 Å². The molecule has 0 atom stereocenters. The Morgan fingerprint density at radius 1 is 0.775 bits per heavy atom. The third kappa shape index (κ3) is 5.77. The first kappa shape index (κ1) is 26.2. The van der Waals surface area contributed by atoms with E-state index >= 15 is 0 Å². The number of aryl methyl sites for hydroxylation is 1. The van der Waals surface area contributed by atoms with Gasteiger partial charge in [-0.3, -0.25) is 4.90 Å². The highest BCUT2D eigenvalue weighted by Gasteiger charge is 2.22. The number of anilines is 1. The van der Waals surface area contributed by atoms with Gasteiger partial charge < -0.3 is 4.90 Å². The number of benzene rings is 3. The van der Waals surface area contributed by atoms with Crippen LogP contribution in [0.3, 0.4) is 0 Å². The van der Waals surface area contributed by atoms with Crippen molar-refractivity contribution in [1.29, 1.82) is 0 Å². The first-order valence-corrected chi connectivity index (χ1v) is 14.5. The van der Waals surface area contributed by atoms with E-state index in [0.29, 0.717) is 12.3 Å². The summed E-state index contributed by atoms with van der Waals surface area (Å²) in [6, 6.07) is 28.1. The van der Waals surface area contributed by atoms with Crippen LogP contribution in [0, 0.1) is 6.92 Å². The number of fused-ring (bicyclic) bond motifs is 1. The minimum Gasteiger partial charge on any atom is -0.355 e. The Balaban J connectivity index is 1.28. The highest BCUT2D eigenvalue weighted by Crippen LogP contribution is 2.28. The van der Waals surface area contributed by atoms with Gasteiger partial charge in [0, 0.05) is 39.1 Å². The normalized spacial score (nSPS) is 14.7. The first-order chi connectivity index (χ1) is 19.5. The maximum Gasteiger partial charge on any atom is 0.168 e. The van der Waals surface area contributed by atoms with E-state index in [1.165, 1.54) is 22.3 Å². The van der Waals surface area contributed by atoms with E-state index in [1.807, 2.05) is 29.1 Å². The van der Waals surface area contributed by atoms with Crippen LogP contribution in [0.1, 0.15) is 54.3 Å². The minimum atomic E-state index is 0.563. The van der Waals surface area contributed by atoms with Crippen LogP contribution in [-0.4, -0.2) is 50.8 Å². The summed E-state index contributed by atoms with van der Waals surface area (Å²) < 4.78 is 1.95. The quantitative estimate of drug-likeness (QED) is 0.239. The zero-order valence-electron chi connectivity index (χ0n) is 23.8. The molecule has 0 bridgehead atoms. The molecule has 0 radical (unpaired) electrons. The average Bonchev–Trinajstić information content (AvgIpc) is 3.26. The fourth-order valence-corrected chi connectivity index (χ4v) is 5.51. The molecule has 6 nitrogen and oxygen atoms in total. The summed E-state index contributed by atoms with van der Waals surface area (Å²) >= 11 is 0. The van der Waals surface area contributed by atoms with Crippen molar-refractivity contribution in [1.82, 2.24) is 24.6 Å². The fraction of sp³-hybridized carbons (Fsp3) is 0.324. The molecule has 0 spiro atoms. The second-order valence-electron chi connectivity index (χ2n) is 11.3. The van der Waals surface area contributed by atoms with Gasteiger partial charge >= 0.3 is 0 Å². The minimum absolute atomic E-state index is 0.563. The number of aromatic nitrogens is 4. The lowest BCUT2D eigenvalue weighted by Crippen LogP contribution is -2.31. The van der Waals surface area contributed by atoms with Crippen LogP contribution >= 0.6 is 0 Å². The number of para-hydroxylation sites is 1. The van der Waals surface area contributed by atoms with Crippen LogP contribution in [0.2, 0.25) is 0 Å². The van der Waals surface area contributed by atoms with Crippen LogP contribution < -0.4 is 4.90 Å². The van der Waals surface area contributed by atoms with Crippen molar-refractivity contribution in [3.8, 4) is 5.69 Å². The van der Waals surface area contributed by atoms with Crippen molar-refractivity contribution in [2.24, 2.45) is 0 Å². The summed E-state index contributed by atoms with van der Waals surface area (Å²) in [6.45, 7) is 11.6. The molecule has 204 valence electrons. The Kier molecular flexibility index (Phi) is 7.60. The SMILES string of the molecule is Cc1ccc(Cc2nc(N3CCCN(Cc4ccc(C(C)C)cc4)CC3)c3cnn(-c4ccccc4)c3n2)cc1. The molecule has 6 heteroatoms. The topological polar surface area (TPSA) is 50.1 Å². The number of rotatable bonds is 7. The van der Waals surface area contributed by atoms with Gasteiger partial charge in [0.1, 0.15) is 11.6 Å². The summed E-state index contributed by atoms with van der Waals surface area (Å²) in [7, 11) is 0. The van der Waals surface area contributed by atoms with Crippen molar-refractivity contribution in [3.63, 3.8) is 0 Å². The van der Waals surface area contributed by atoms with Crippen LogP contribution in [0.15, 0.2) is 85.1 Å². The molecular weight excluding hydrogens is 492 g/mol. The van der Waals surface area contributed by atoms with Gasteiger partial charge in [0.2, 0.25) is 0 Å². The molecule has 0 aliphatic carbocycles. The van der Waals surface area contributed by atoms with Gasteiger partial charge in [-0.15, -0.1) is 0 Å². The molecule has 40 heavy (non-hydrogen) atoms. The summed E-state index contributed by atoms with van der Waals surface area (Å²) in [5.41, 5.74) is 7.13. The molecule has 0 unspecified atom stereocenters. The lowest BCUT2D eigenvalue weighted by atomic mass is 10.0. The molecule has 6 rings (SSSR count). The van der Waals surface area contributed by atoms with Crippen molar-refractivity contribution < 1.29 is 0 Å². The Bertz CT molecular complexity index is 1550. The smallest absolute Gasteiger partial charge is 0.168 e. The van der Waals surface area contributed by atoms with Gasteiger partial charge in [0.25, 0.3) is 0 Å². The van der Waals surface area contributed by atoms with Gasteiger partial charge in [0.05, 0.1) is 17.3 Å². The standard InChI is InChI=1S/C34H38N6/c1-25(2)29-16-14-28(15-17-29)24-38-18-7-19-39(21-20-38)33-31-23-35-40(30-8-5-4-6-9-30)34(31)37-32(36-33)22-27-12-10-26(3)11-13-27/h4-6,8-17,23,25H,7,18-22,24H2,1-3H3. The monoisotopic (exact) mass is 530 g/mol. The molecule has 0 saturated carbocycles. The predicted octanol–water partition coefficient (Wildman–Crippen LogP) is 6.55. The van der Waals surface area contributed by atoms with E-state index in [2.05, 4.69) is 91.2 Å². The zero-order valence-corrected chi connectivity index (χ0v) is 23.8. The molecule has 3 aromatic carbocycles. The van der Waals surface area contributed by atoms with Gasteiger partial charge in [-0.05, 0) is 48.1 Å². The maximum absolute atomic E-state index is 5.17. The second kappa shape index (κ2) is 11.6. The third-order valence-corrected chi connectivity index (χ3v) is 7.88. The average molecular weight is 531 g/mol. The molecule has 1 saturated heterocycles. The van der Waals surface area contributed by atoms with Crippen molar-refractivity contribution >= 4 is 16.9 Å². The molecule has 1 fully saturated rings. The lowest BCUT2D eigenvalue weighted by Gasteiger charge is -2.24. The van der Waals surface area contributed by atoms with Crippen molar-refractivity contribution in [2.75, 3.05) is 31.1 Å². The molecule has 3 heterocycles. The van der Waals surface area contributed by atoms with Gasteiger partial charge in [0.15, 0.2) is 5.65 Å². The lowest BCUT2D eigenvalue weighted by molar-refractivity contribution is 0.285. The molecule has 0 amide bonds. The van der Waals surface area contributed by atoms with Gasteiger partial charge in [-0.2, -0.15) is 5.10 Å². The van der Waals surface area contributed by atoms with Crippen LogP contribution in [0.25, 0.3) is 16.7 Å². The largest absolute Gasteiger partial charge is 0.355 e. The van der Waals surface area contributed by atoms with Crippen molar-refractivity contribution in [2.45, 2.75) is 46.1 Å². The number of hydrogen-bond acceptors (Lipinski definition) is 5. The Morgan fingerprint density at radius 2 is 1.52 bits per heavy atom. The van der Waals surface area contributed by atoms with E-state index in [-0.39, 0.29) is 0 Å². The van der Waals surface area contributed by atoms with Crippen LogP contribution in [-0.2, 0) is 13.0 Å². The molecular formula is C34H38N6. The summed E-state index contributed by atoms with van der Waals surface area (Å²) in [6.07, 6.45) is 3.72. The van der Waals surface area contributed by atoms with E-state index in [4.69, 9.17) is 15.1 Å². The van der Waals surface area contributed by atoms with Crippen LogP contribution in [0.5, 0.6) is 0 Å². The Hall–Kier alpha value is -4.03. The van der Waals surface area contributed by atoms with Gasteiger partial charge in [-0.25, -0.2) is 14.6 Å². The molecule has 1 aliphatic rings. The van der Waals surface area contributed by atoms with E-state index in [9.17, 15) is 0 Å². The summed E-state index contributed by atoms with van der Waals surface area (Å²) in [5.74, 6) is 2.39. The maximum atomic E-state index is 5.17. The van der Waals surface area contributed by atoms with Gasteiger partial charge in [-0.1, -0.05) is 86.1 Å². The highest BCUT2D eigenvalue weighted by molar-refractivity contribution is 5.88. The second-order valence-corrected chi connectivity index (χ2v) is 11.3. The fourth-order valence-electron chi connectivity index (χ4n) is 5.51. The van der Waals surface area contributed by atoms with E-state index in [0.717, 1.165) is 67.5 Å². The van der Waals surface area contributed by atoms with Crippen LogP contribution in [0.4, 0.5) is 5.82 Å². The summed E-state index contributed by atoms with van der Waals surface area (Å²) in [5, 5.41) is 5.78. The highest BCUT2D eigenvalue weighted by atomic mass is 15.3. The number of hydrogen-bond donors (Lipinski definition) is 0. The molecule has 2 aromatic heterocycles. The van der Waals surface area contributed by atoms with E-state index < -0.39 is 0 Å². The summed E-state index contributed by atoms with van der Waals surface area (Å²) in [4.78, 5) is 15.2. The third-order valence-electron chi connectivity index (χ3n) is 7.88. The molecule has 0 N–H and O–H groups in total.